The van der Waals surface area contributed by atoms with Crippen LogP contribution in [-0.4, -0.2) is 20.6 Å². The maximum atomic E-state index is 3.65. The van der Waals surface area contributed by atoms with Gasteiger partial charge in [0.2, 0.25) is 0 Å². The Hall–Kier alpha value is -2.48. The average Bonchev–Trinajstić information content (AvgIpc) is 2.61. The molecule has 128 valence electrons. The molecule has 1 aromatic rings. The van der Waals surface area contributed by atoms with Gasteiger partial charge in [0, 0.05) is 37.7 Å². The lowest BCUT2D eigenvalue weighted by atomic mass is 10.2. The highest BCUT2D eigenvalue weighted by Gasteiger charge is 2.04. The monoisotopic (exact) mass is 322 g/mol. The first-order valence-electron chi connectivity index (χ1n) is 8.42. The van der Waals surface area contributed by atoms with Gasteiger partial charge in [-0.2, -0.15) is 0 Å². The predicted octanol–water partition coefficient (Wildman–Crippen LogP) is 5.73. The van der Waals surface area contributed by atoms with E-state index in [1.807, 2.05) is 18.2 Å². The van der Waals surface area contributed by atoms with Crippen molar-refractivity contribution in [3.8, 4) is 0 Å². The van der Waals surface area contributed by atoms with Crippen LogP contribution in [0.2, 0.25) is 0 Å². The molecule has 2 heteroatoms. The summed E-state index contributed by atoms with van der Waals surface area (Å²) in [6.45, 7) is 8.80. The van der Waals surface area contributed by atoms with Crippen molar-refractivity contribution in [3.05, 3.63) is 85.1 Å². The van der Waals surface area contributed by atoms with Gasteiger partial charge in [0.25, 0.3) is 0 Å². The van der Waals surface area contributed by atoms with Crippen molar-refractivity contribution in [2.24, 2.45) is 0 Å². The van der Waals surface area contributed by atoms with Crippen molar-refractivity contribution >= 4 is 11.4 Å². The van der Waals surface area contributed by atoms with E-state index < -0.39 is 0 Å². The van der Waals surface area contributed by atoms with Crippen LogP contribution in [-0.2, 0) is 0 Å². The Morgan fingerprint density at radius 3 is 2.25 bits per heavy atom. The van der Waals surface area contributed by atoms with Crippen LogP contribution in [0.3, 0.4) is 0 Å². The van der Waals surface area contributed by atoms with E-state index in [2.05, 4.69) is 92.9 Å². The van der Waals surface area contributed by atoms with Crippen LogP contribution in [0.5, 0.6) is 0 Å². The molecule has 0 heterocycles. The van der Waals surface area contributed by atoms with Gasteiger partial charge in [-0.05, 0) is 43.7 Å². The first-order valence-corrected chi connectivity index (χ1v) is 8.42. The number of likely N-dealkylation sites (N-methyl/N-ethyl adjacent to an activating group) is 1. The summed E-state index contributed by atoms with van der Waals surface area (Å²) in [5, 5.41) is 0. The highest BCUT2D eigenvalue weighted by Crippen LogP contribution is 2.21. The van der Waals surface area contributed by atoms with Gasteiger partial charge >= 0.3 is 0 Å². The number of hydrogen-bond acceptors (Lipinski definition) is 2. The lowest BCUT2D eigenvalue weighted by Crippen LogP contribution is -2.17. The van der Waals surface area contributed by atoms with Crippen molar-refractivity contribution in [2.75, 3.05) is 30.4 Å². The van der Waals surface area contributed by atoms with Gasteiger partial charge in [-0.15, -0.1) is 0 Å². The molecular weight excluding hydrogens is 292 g/mol. The van der Waals surface area contributed by atoms with Crippen LogP contribution < -0.4 is 9.80 Å². The molecule has 0 radical (unpaired) electrons. The number of nitrogens with zero attached hydrogens (tertiary/aromatic N) is 2. The molecule has 0 saturated heterocycles. The fraction of sp³-hybridized carbons (Fsp3) is 0.273. The number of allylic oxidation sites excluding steroid dienone is 8. The highest BCUT2D eigenvalue weighted by atomic mass is 15.1. The maximum absolute atomic E-state index is 3.65. The van der Waals surface area contributed by atoms with Crippen molar-refractivity contribution in [1.29, 1.82) is 0 Å². The molecule has 1 rings (SSSR count). The molecule has 0 amide bonds. The smallest absolute Gasteiger partial charge is 0.0407 e. The number of anilines is 2. The van der Waals surface area contributed by atoms with Gasteiger partial charge < -0.3 is 9.80 Å². The lowest BCUT2D eigenvalue weighted by Gasteiger charge is -2.22. The first kappa shape index (κ1) is 19.6. The van der Waals surface area contributed by atoms with Crippen LogP contribution in [0.1, 0.15) is 20.3 Å². The molecule has 0 saturated carbocycles. The van der Waals surface area contributed by atoms with E-state index in [-0.39, 0.29) is 0 Å². The second-order valence-electron chi connectivity index (χ2n) is 5.65. The highest BCUT2D eigenvalue weighted by molar-refractivity contribution is 5.58. The molecule has 0 spiro atoms. The lowest BCUT2D eigenvalue weighted by molar-refractivity contribution is 1.03. The minimum atomic E-state index is 0.872. The van der Waals surface area contributed by atoms with Crippen LogP contribution in [0, 0.1) is 0 Å². The Labute approximate surface area is 147 Å². The Morgan fingerprint density at radius 1 is 0.958 bits per heavy atom. The van der Waals surface area contributed by atoms with Crippen LogP contribution >= 0.6 is 0 Å². The van der Waals surface area contributed by atoms with E-state index in [4.69, 9.17) is 0 Å². The second-order valence-corrected chi connectivity index (χ2v) is 5.65. The molecule has 2 nitrogen and oxygen atoms in total. The number of rotatable bonds is 9. The summed E-state index contributed by atoms with van der Waals surface area (Å²) in [7, 11) is 4.19. The summed E-state index contributed by atoms with van der Waals surface area (Å²) < 4.78 is 0. The van der Waals surface area contributed by atoms with E-state index in [0.717, 1.165) is 13.0 Å². The minimum Gasteiger partial charge on any atom is -0.371 e. The normalized spacial score (nSPS) is 12.4. The topological polar surface area (TPSA) is 6.48 Å². The summed E-state index contributed by atoms with van der Waals surface area (Å²) in [5.74, 6) is 0. The molecule has 0 fully saturated rings. The Bertz CT molecular complexity index is 603. The van der Waals surface area contributed by atoms with E-state index in [1.165, 1.54) is 17.1 Å². The predicted molar refractivity (Wildman–Crippen MR) is 110 cm³/mol. The van der Waals surface area contributed by atoms with E-state index >= 15 is 0 Å². The third-order valence-electron chi connectivity index (χ3n) is 3.79. The van der Waals surface area contributed by atoms with Crippen molar-refractivity contribution in [3.63, 3.8) is 0 Å². The van der Waals surface area contributed by atoms with E-state index in [1.54, 1.807) is 6.08 Å². The summed E-state index contributed by atoms with van der Waals surface area (Å²) >= 11 is 0. The fourth-order valence-electron chi connectivity index (χ4n) is 2.14. The zero-order chi connectivity index (χ0) is 17.8. The minimum absolute atomic E-state index is 0.872. The summed E-state index contributed by atoms with van der Waals surface area (Å²) in [6.07, 6.45) is 17.3. The molecule has 0 aromatic heterocycles. The Kier molecular flexibility index (Phi) is 9.06. The van der Waals surface area contributed by atoms with Gasteiger partial charge in [-0.25, -0.2) is 0 Å². The molecule has 0 atom stereocenters. The summed E-state index contributed by atoms with van der Waals surface area (Å²) in [5.41, 5.74) is 3.62. The van der Waals surface area contributed by atoms with Gasteiger partial charge in [-0.1, -0.05) is 56.0 Å². The zero-order valence-corrected chi connectivity index (χ0v) is 15.4. The van der Waals surface area contributed by atoms with Gasteiger partial charge in [0.1, 0.15) is 0 Å². The largest absolute Gasteiger partial charge is 0.371 e. The van der Waals surface area contributed by atoms with Crippen molar-refractivity contribution in [2.45, 2.75) is 20.3 Å². The van der Waals surface area contributed by atoms with Gasteiger partial charge in [0.15, 0.2) is 0 Å². The molecule has 0 N–H and O–H groups in total. The number of hydrogen-bond donors (Lipinski definition) is 0. The molecule has 0 aliphatic rings. The molecule has 0 aliphatic carbocycles. The van der Waals surface area contributed by atoms with Crippen LogP contribution in [0.25, 0.3) is 0 Å². The number of benzene rings is 1. The third-order valence-corrected chi connectivity index (χ3v) is 3.79. The molecule has 1 aromatic carbocycles. The Balaban J connectivity index is 2.69. The quantitative estimate of drug-likeness (QED) is 0.536. The summed E-state index contributed by atoms with van der Waals surface area (Å²) in [4.78, 5) is 4.42. The standard InChI is InChI=1S/C22H30N2/c1-6-8-10-11-13-19-23(4)21-15-17-22(18-16-21)24(5)20(3)14-12-9-7-2/h6,8-18H,1,7,19H2,2-5H3/b10-8-,12-9-,13-11-,20-14+. The Morgan fingerprint density at radius 2 is 1.62 bits per heavy atom. The first-order chi connectivity index (χ1) is 11.6. The fourth-order valence-corrected chi connectivity index (χ4v) is 2.14. The summed E-state index contributed by atoms with van der Waals surface area (Å²) in [6, 6.07) is 8.64. The van der Waals surface area contributed by atoms with E-state index in [9.17, 15) is 0 Å². The van der Waals surface area contributed by atoms with Gasteiger partial charge in [0.05, 0.1) is 0 Å². The molecule has 0 unspecified atom stereocenters. The third kappa shape index (κ3) is 6.74. The second kappa shape index (κ2) is 11.1. The molecule has 0 bridgehead atoms. The van der Waals surface area contributed by atoms with Crippen molar-refractivity contribution in [1.82, 2.24) is 0 Å². The molecule has 0 aliphatic heterocycles. The SMILES string of the molecule is C=C/C=C\C=C/CN(C)c1ccc(N(C)/C(C)=C/C=C\CC)cc1. The average molecular weight is 322 g/mol. The maximum Gasteiger partial charge on any atom is 0.0407 e. The van der Waals surface area contributed by atoms with Crippen molar-refractivity contribution < 1.29 is 0 Å². The van der Waals surface area contributed by atoms with Crippen LogP contribution in [0.4, 0.5) is 11.4 Å². The zero-order valence-electron chi connectivity index (χ0n) is 15.4. The molecule has 24 heavy (non-hydrogen) atoms. The van der Waals surface area contributed by atoms with E-state index in [0.29, 0.717) is 0 Å². The van der Waals surface area contributed by atoms with Gasteiger partial charge in [-0.3, -0.25) is 0 Å². The molecular formula is C22H30N2. The van der Waals surface area contributed by atoms with Crippen LogP contribution in [0.15, 0.2) is 85.1 Å².